The summed E-state index contributed by atoms with van der Waals surface area (Å²) in [5, 5.41) is 9.61. The lowest BCUT2D eigenvalue weighted by Crippen LogP contribution is -2.50. The third kappa shape index (κ3) is 36.2. The van der Waals surface area contributed by atoms with Crippen LogP contribution < -0.4 is 0 Å². The Hall–Kier alpha value is -3.49. The molecule has 8 nitrogen and oxygen atoms in total. The van der Waals surface area contributed by atoms with Crippen molar-refractivity contribution >= 4 is 17.9 Å². The number of rotatable bonds is 37. The Bertz CT molecular complexity index is 1190. The molecule has 0 aliphatic rings. The van der Waals surface area contributed by atoms with Gasteiger partial charge >= 0.3 is 17.9 Å². The van der Waals surface area contributed by atoms with Crippen molar-refractivity contribution in [1.82, 2.24) is 0 Å². The highest BCUT2D eigenvalue weighted by Gasteiger charge is 2.31. The van der Waals surface area contributed by atoms with E-state index in [1.807, 2.05) is 94.1 Å². The highest BCUT2D eigenvalue weighted by Crippen LogP contribution is 2.14. The van der Waals surface area contributed by atoms with Crippen LogP contribution in [-0.4, -0.2) is 80.6 Å². The van der Waals surface area contributed by atoms with Gasteiger partial charge < -0.3 is 23.8 Å². The second-order valence-corrected chi connectivity index (χ2v) is 15.4. The first kappa shape index (κ1) is 52.5. The SMILES string of the molecule is CC/C=C/C=C/C=C/C=C/C=C/C=C/C=C/CCCCCC(=O)OC(COCCC(C(=O)O)[N+](C)(C)C)COC(=O)CCCCCCCCCCCCCCC. The zero-order valence-electron chi connectivity index (χ0n) is 36.1. The lowest BCUT2D eigenvalue weighted by atomic mass is 10.0. The molecule has 0 spiro atoms. The van der Waals surface area contributed by atoms with E-state index < -0.39 is 18.1 Å². The molecule has 0 aliphatic carbocycles. The van der Waals surface area contributed by atoms with E-state index in [1.54, 1.807) is 0 Å². The summed E-state index contributed by atoms with van der Waals surface area (Å²) >= 11 is 0. The number of hydrogen-bond acceptors (Lipinski definition) is 6. The van der Waals surface area contributed by atoms with Crippen molar-refractivity contribution in [3.63, 3.8) is 0 Å². The number of quaternary nitrogens is 1. The molecule has 0 saturated heterocycles. The highest BCUT2D eigenvalue weighted by molar-refractivity contribution is 5.72. The maximum absolute atomic E-state index is 12.7. The number of carbonyl (C=O) groups is 3. The molecule has 0 aromatic carbocycles. The lowest BCUT2D eigenvalue weighted by Gasteiger charge is -2.31. The molecule has 2 unspecified atom stereocenters. The van der Waals surface area contributed by atoms with Crippen molar-refractivity contribution in [1.29, 1.82) is 0 Å². The van der Waals surface area contributed by atoms with Crippen LogP contribution in [-0.2, 0) is 28.6 Å². The average Bonchev–Trinajstić information content (AvgIpc) is 3.15. The number of carboxylic acid groups (broad SMARTS) is 1. The van der Waals surface area contributed by atoms with Gasteiger partial charge in [0.1, 0.15) is 6.61 Å². The van der Waals surface area contributed by atoms with E-state index in [-0.39, 0.29) is 42.7 Å². The first-order valence-corrected chi connectivity index (χ1v) is 21.7. The van der Waals surface area contributed by atoms with E-state index in [9.17, 15) is 19.5 Å². The van der Waals surface area contributed by atoms with Gasteiger partial charge in [-0.1, -0.05) is 182 Å². The topological polar surface area (TPSA) is 99.1 Å². The number of carbonyl (C=O) groups excluding carboxylic acids is 2. The molecule has 0 amide bonds. The summed E-state index contributed by atoms with van der Waals surface area (Å²) < 4.78 is 17.2. The van der Waals surface area contributed by atoms with Gasteiger partial charge in [-0.3, -0.25) is 9.59 Å². The van der Waals surface area contributed by atoms with Gasteiger partial charge in [-0.25, -0.2) is 4.79 Å². The Morgan fingerprint density at radius 2 is 1.00 bits per heavy atom. The fourth-order valence-electron chi connectivity index (χ4n) is 5.90. The Balaban J connectivity index is 4.49. The van der Waals surface area contributed by atoms with Crippen LogP contribution in [0.3, 0.4) is 0 Å². The number of carboxylic acids is 1. The first-order valence-electron chi connectivity index (χ1n) is 21.7. The van der Waals surface area contributed by atoms with Crippen LogP contribution in [0.1, 0.15) is 149 Å². The highest BCUT2D eigenvalue weighted by atomic mass is 16.6. The number of ether oxygens (including phenoxy) is 3. The van der Waals surface area contributed by atoms with Gasteiger partial charge in [0.2, 0.25) is 0 Å². The average molecular weight is 783 g/mol. The van der Waals surface area contributed by atoms with Gasteiger partial charge in [-0.15, -0.1) is 0 Å². The minimum Gasteiger partial charge on any atom is -0.477 e. The van der Waals surface area contributed by atoms with Gasteiger partial charge in [0, 0.05) is 19.3 Å². The number of likely N-dealkylation sites (N-methyl/N-ethyl adjacent to an activating group) is 1. The van der Waals surface area contributed by atoms with Crippen LogP contribution in [0.2, 0.25) is 0 Å². The number of hydrogen-bond donors (Lipinski definition) is 1. The van der Waals surface area contributed by atoms with Crippen LogP contribution in [0.5, 0.6) is 0 Å². The summed E-state index contributed by atoms with van der Waals surface area (Å²) in [5.74, 6) is -1.54. The predicted octanol–water partition coefficient (Wildman–Crippen LogP) is 11.7. The quantitative estimate of drug-likeness (QED) is 0.0290. The molecule has 0 radical (unpaired) electrons. The molecule has 0 aromatic heterocycles. The predicted molar refractivity (Wildman–Crippen MR) is 233 cm³/mol. The van der Waals surface area contributed by atoms with Crippen molar-refractivity contribution in [3.8, 4) is 0 Å². The number of esters is 2. The van der Waals surface area contributed by atoms with Crippen molar-refractivity contribution < 1.29 is 38.2 Å². The van der Waals surface area contributed by atoms with E-state index in [1.165, 1.54) is 64.2 Å². The van der Waals surface area contributed by atoms with Crippen LogP contribution >= 0.6 is 0 Å². The summed E-state index contributed by atoms with van der Waals surface area (Å²) in [6.45, 7) is 4.52. The van der Waals surface area contributed by atoms with Crippen molar-refractivity contribution in [2.24, 2.45) is 0 Å². The molecule has 56 heavy (non-hydrogen) atoms. The van der Waals surface area contributed by atoms with Crippen molar-refractivity contribution in [2.45, 2.75) is 161 Å². The van der Waals surface area contributed by atoms with Gasteiger partial charge in [0.25, 0.3) is 0 Å². The Labute approximate surface area is 342 Å². The molecule has 8 heteroatoms. The molecular weight excluding hydrogens is 703 g/mol. The van der Waals surface area contributed by atoms with E-state index in [4.69, 9.17) is 14.2 Å². The van der Waals surface area contributed by atoms with E-state index in [2.05, 4.69) is 26.0 Å². The summed E-state index contributed by atoms with van der Waals surface area (Å²) in [7, 11) is 5.50. The van der Waals surface area contributed by atoms with Gasteiger partial charge in [-0.05, 0) is 32.1 Å². The Kier molecular flexibility index (Phi) is 36.0. The minimum absolute atomic E-state index is 0.0386. The van der Waals surface area contributed by atoms with E-state index >= 15 is 0 Å². The van der Waals surface area contributed by atoms with Crippen LogP contribution in [0.4, 0.5) is 0 Å². The van der Waals surface area contributed by atoms with Gasteiger partial charge in [0.05, 0.1) is 34.4 Å². The molecule has 0 heterocycles. The molecule has 0 saturated carbocycles. The van der Waals surface area contributed by atoms with Gasteiger partial charge in [-0.2, -0.15) is 0 Å². The number of aliphatic carboxylic acids is 1. The molecule has 0 rings (SSSR count). The normalized spacial score (nSPS) is 13.8. The molecule has 1 N–H and O–H groups in total. The maximum Gasteiger partial charge on any atom is 0.362 e. The molecule has 0 fully saturated rings. The summed E-state index contributed by atoms with van der Waals surface area (Å²) in [5.41, 5.74) is 0. The maximum atomic E-state index is 12.7. The third-order valence-corrected chi connectivity index (χ3v) is 9.25. The van der Waals surface area contributed by atoms with Crippen LogP contribution in [0, 0.1) is 0 Å². The molecule has 0 aromatic rings. The summed E-state index contributed by atoms with van der Waals surface area (Å²) in [4.78, 5) is 36.9. The van der Waals surface area contributed by atoms with Crippen LogP contribution in [0.25, 0.3) is 0 Å². The summed E-state index contributed by atoms with van der Waals surface area (Å²) in [6.07, 6.45) is 49.0. The Morgan fingerprint density at radius 1 is 0.554 bits per heavy atom. The third-order valence-electron chi connectivity index (χ3n) is 9.25. The standard InChI is InChI=1S/C48H79NO7/c1-6-8-10-12-14-16-18-20-21-22-23-24-25-27-29-31-33-35-37-39-47(51)56-44(42-54-41-40-45(48(52)53)49(3,4)5)43-55-46(50)38-36-34-32-30-28-26-19-17-15-13-11-9-7-2/h8,10,12,14,16,18,20-25,27,29,44-45H,6-7,9,11,13,15,17,19,26,28,30-43H2,1-5H3/p+1/b10-8+,14-12+,18-16+,21-20+,23-22+,25-24+,29-27+. The zero-order chi connectivity index (χ0) is 41.4. The monoisotopic (exact) mass is 783 g/mol. The van der Waals surface area contributed by atoms with E-state index in [0.29, 0.717) is 19.3 Å². The number of nitrogens with zero attached hydrogens (tertiary/aromatic N) is 1. The fourth-order valence-corrected chi connectivity index (χ4v) is 5.90. The molecule has 0 aliphatic heterocycles. The minimum atomic E-state index is -0.887. The number of allylic oxidation sites excluding steroid dienone is 14. The lowest BCUT2D eigenvalue weighted by molar-refractivity contribution is -0.887. The molecule has 2 atom stereocenters. The molecule has 318 valence electrons. The second kappa shape index (κ2) is 38.4. The summed E-state index contributed by atoms with van der Waals surface area (Å²) in [6, 6.07) is -0.627. The molecule has 0 bridgehead atoms. The second-order valence-electron chi connectivity index (χ2n) is 15.4. The largest absolute Gasteiger partial charge is 0.477 e. The van der Waals surface area contributed by atoms with Crippen LogP contribution in [0.15, 0.2) is 85.1 Å². The zero-order valence-corrected chi connectivity index (χ0v) is 36.1. The fraction of sp³-hybridized carbons (Fsp3) is 0.646. The Morgan fingerprint density at radius 3 is 1.48 bits per heavy atom. The van der Waals surface area contributed by atoms with Crippen molar-refractivity contribution in [3.05, 3.63) is 85.1 Å². The van der Waals surface area contributed by atoms with Crippen molar-refractivity contribution in [2.75, 3.05) is 41.0 Å². The smallest absolute Gasteiger partial charge is 0.362 e. The molecular formula is C48H80NO7+. The van der Waals surface area contributed by atoms with Gasteiger partial charge in [0.15, 0.2) is 12.1 Å². The number of unbranched alkanes of at least 4 members (excludes halogenated alkanes) is 15. The first-order chi connectivity index (χ1) is 27.1. The van der Waals surface area contributed by atoms with E-state index in [0.717, 1.165) is 44.9 Å².